The second-order valence-electron chi connectivity index (χ2n) is 1.84. The van der Waals surface area contributed by atoms with E-state index in [0.29, 0.717) is 0 Å². The van der Waals surface area contributed by atoms with Crippen LogP contribution >= 0.6 is 0 Å². The maximum absolute atomic E-state index is 9.86. The minimum atomic E-state index is -1.44. The van der Waals surface area contributed by atoms with Gasteiger partial charge >= 0.3 is 45.5 Å². The fourth-order valence-electron chi connectivity index (χ4n) is 0.391. The van der Waals surface area contributed by atoms with E-state index < -0.39 is 18.0 Å². The molecule has 0 aliphatic rings. The zero-order valence-corrected chi connectivity index (χ0v) is 12.4. The monoisotopic (exact) mass is 341 g/mol. The van der Waals surface area contributed by atoms with Crippen molar-refractivity contribution in [3.63, 3.8) is 0 Å². The van der Waals surface area contributed by atoms with Crippen LogP contribution in [0.25, 0.3) is 0 Å². The first-order chi connectivity index (χ1) is 4.54. The summed E-state index contributed by atoms with van der Waals surface area (Å²) >= 11 is 0. The van der Waals surface area contributed by atoms with E-state index in [-0.39, 0.29) is 91.2 Å². The Bertz CT molecular complexity index is 156. The van der Waals surface area contributed by atoms with Gasteiger partial charge in [0.05, 0.1) is 5.97 Å². The molecule has 14 N–H and O–H groups in total. The van der Waals surface area contributed by atoms with E-state index in [2.05, 4.69) is 0 Å². The number of hydrogen-bond donors (Lipinski definition) is 1. The first-order valence-corrected chi connectivity index (χ1v) is 2.70. The van der Waals surface area contributed by atoms with Crippen molar-refractivity contribution in [2.45, 2.75) is 18.9 Å². The Labute approximate surface area is 134 Å². The molecule has 1 atom stereocenters. The smallest absolute Gasteiger partial charge is 0.550 e. The Balaban J connectivity index is -0.0000000193. The van der Waals surface area contributed by atoms with Gasteiger partial charge in [-0.25, -0.2) is 0 Å². The van der Waals surface area contributed by atoms with Crippen molar-refractivity contribution < 1.29 is 52.7 Å². The molecule has 0 heterocycles. The fraction of sp³-hybridized carbons (Fsp3) is 0.600. The number of carbonyl (C=O) groups is 2. The Hall–Kier alpha value is 0.141. The van der Waals surface area contributed by atoms with Gasteiger partial charge in [-0.2, -0.15) is 0 Å². The van der Waals surface area contributed by atoms with Crippen molar-refractivity contribution in [1.82, 2.24) is 0 Å². The largest absolute Gasteiger partial charge is 2.00 e. The van der Waals surface area contributed by atoms with Crippen LogP contribution in [0.5, 0.6) is 0 Å². The minimum absolute atomic E-state index is 0. The molecule has 12 heteroatoms. The fourth-order valence-corrected chi connectivity index (χ4v) is 0.391. The van der Waals surface area contributed by atoms with E-state index in [4.69, 9.17) is 5.73 Å². The Morgan fingerprint density at radius 1 is 0.941 bits per heavy atom. The molecule has 0 aliphatic heterocycles. The molecular weight excluding hydrogens is 322 g/mol. The summed E-state index contributed by atoms with van der Waals surface area (Å²) in [5.41, 5.74) is 4.91. The summed E-state index contributed by atoms with van der Waals surface area (Å²) in [6.45, 7) is 0. The average molecular weight is 341 g/mol. The number of carboxylic acids is 2. The van der Waals surface area contributed by atoms with E-state index >= 15 is 0 Å². The summed E-state index contributed by atoms with van der Waals surface area (Å²) in [7, 11) is 0. The van der Waals surface area contributed by atoms with Crippen LogP contribution in [0.3, 0.4) is 0 Å². The number of aliphatic carboxylic acids is 2. The van der Waals surface area contributed by atoms with E-state index in [0.717, 1.165) is 0 Å². The van der Waals surface area contributed by atoms with E-state index in [1.807, 2.05) is 0 Å². The molecule has 0 fully saturated rings. The molecule has 0 saturated carbocycles. The molecular formula is C5H19NO10Sr. The molecule has 0 amide bonds. The third-order valence-electron chi connectivity index (χ3n) is 0.962. The second kappa shape index (κ2) is 29.8. The zero-order chi connectivity index (χ0) is 8.15. The van der Waals surface area contributed by atoms with Gasteiger partial charge in [-0.15, -0.1) is 0 Å². The Morgan fingerprint density at radius 2 is 1.24 bits per heavy atom. The van der Waals surface area contributed by atoms with Crippen LogP contribution in [0.15, 0.2) is 0 Å². The summed E-state index contributed by atoms with van der Waals surface area (Å²) in [5, 5.41) is 19.6. The van der Waals surface area contributed by atoms with Crippen molar-refractivity contribution in [3.05, 3.63) is 0 Å². The van der Waals surface area contributed by atoms with Crippen molar-refractivity contribution in [2.75, 3.05) is 0 Å². The molecule has 11 nitrogen and oxygen atoms in total. The third kappa shape index (κ3) is 38.6. The van der Waals surface area contributed by atoms with Crippen LogP contribution in [0.2, 0.25) is 0 Å². The molecule has 0 aromatic heterocycles. The van der Waals surface area contributed by atoms with Gasteiger partial charge in [-0.05, 0) is 12.8 Å². The van der Waals surface area contributed by atoms with Crippen molar-refractivity contribution in [3.8, 4) is 0 Å². The predicted molar refractivity (Wildman–Crippen MR) is 54.7 cm³/mol. The first-order valence-electron chi connectivity index (χ1n) is 2.70. The minimum Gasteiger partial charge on any atom is -0.550 e. The molecule has 0 spiro atoms. The predicted octanol–water partition coefficient (Wildman–Crippen LogP) is -8.74. The molecule has 0 radical (unpaired) electrons. The van der Waals surface area contributed by atoms with Gasteiger partial charge in [0, 0.05) is 12.0 Å². The van der Waals surface area contributed by atoms with Gasteiger partial charge in [-0.1, -0.05) is 0 Å². The molecule has 0 bridgehead atoms. The maximum atomic E-state index is 9.86. The first kappa shape index (κ1) is 53.4. The Kier molecular flexibility index (Phi) is 93.7. The van der Waals surface area contributed by atoms with Crippen LogP contribution in [0, 0.1) is 0 Å². The van der Waals surface area contributed by atoms with Gasteiger partial charge in [-0.3, -0.25) is 0 Å². The SMILES string of the molecule is N[C@H](CCC(=O)[O-])C(=O)[O-].O.O.O.O.O.O.[Sr+2]. The quantitative estimate of drug-likeness (QED) is 0.485. The van der Waals surface area contributed by atoms with Crippen LogP contribution in [-0.4, -0.2) is 96.3 Å². The molecule has 0 rings (SSSR count). The topological polar surface area (TPSA) is 295 Å². The van der Waals surface area contributed by atoms with Crippen LogP contribution < -0.4 is 15.9 Å². The summed E-state index contributed by atoms with van der Waals surface area (Å²) in [6.07, 6.45) is -0.500. The van der Waals surface area contributed by atoms with E-state index in [1.165, 1.54) is 0 Å². The molecule has 0 saturated heterocycles. The zero-order valence-electron chi connectivity index (χ0n) is 8.91. The summed E-state index contributed by atoms with van der Waals surface area (Å²) < 4.78 is 0. The normalized spacial score (nSPS) is 7.35. The van der Waals surface area contributed by atoms with Gasteiger partial charge in [0.2, 0.25) is 0 Å². The van der Waals surface area contributed by atoms with Crippen LogP contribution in [0.1, 0.15) is 12.8 Å². The van der Waals surface area contributed by atoms with Crippen LogP contribution in [-0.2, 0) is 9.59 Å². The van der Waals surface area contributed by atoms with Crippen molar-refractivity contribution in [1.29, 1.82) is 0 Å². The van der Waals surface area contributed by atoms with Crippen molar-refractivity contribution in [2.24, 2.45) is 5.73 Å². The average Bonchev–Trinajstić information content (AvgIpc) is 1.82. The number of hydrogen-bond acceptors (Lipinski definition) is 5. The molecule has 0 aromatic carbocycles. The maximum Gasteiger partial charge on any atom is 2.00 e. The standard InChI is InChI=1S/C5H9NO4.6H2O.Sr/c6-3(5(9)10)1-2-4(7)8;;;;;;;/h3H,1-2,6H2,(H,7,8)(H,9,10);6*1H2;/q;;;;;;;+2/p-2/t3-;;;;;;;/m1......./s1. The van der Waals surface area contributed by atoms with Gasteiger partial charge < -0.3 is 58.4 Å². The summed E-state index contributed by atoms with van der Waals surface area (Å²) in [4.78, 5) is 19.6. The molecule has 0 aliphatic carbocycles. The second-order valence-corrected chi connectivity index (χ2v) is 1.84. The Morgan fingerprint density at radius 3 is 1.41 bits per heavy atom. The van der Waals surface area contributed by atoms with E-state index in [9.17, 15) is 19.8 Å². The van der Waals surface area contributed by atoms with Crippen LogP contribution in [0.4, 0.5) is 0 Å². The number of carboxylic acid groups (broad SMARTS) is 2. The van der Waals surface area contributed by atoms with E-state index in [1.54, 1.807) is 0 Å². The summed E-state index contributed by atoms with van der Waals surface area (Å²) in [6, 6.07) is -1.21. The third-order valence-corrected chi connectivity index (χ3v) is 0.962. The number of carbonyl (C=O) groups excluding carboxylic acids is 2. The molecule has 0 unspecified atom stereocenters. The molecule has 17 heavy (non-hydrogen) atoms. The number of nitrogens with two attached hydrogens (primary N) is 1. The van der Waals surface area contributed by atoms with Gasteiger partial charge in [0.15, 0.2) is 0 Å². The summed E-state index contributed by atoms with van der Waals surface area (Å²) in [5.74, 6) is -2.75. The van der Waals surface area contributed by atoms with Crippen molar-refractivity contribution >= 4 is 57.4 Å². The van der Waals surface area contributed by atoms with Gasteiger partial charge in [0.25, 0.3) is 0 Å². The molecule has 106 valence electrons. The number of rotatable bonds is 4. The molecule has 0 aromatic rings. The van der Waals surface area contributed by atoms with Gasteiger partial charge in [0.1, 0.15) is 0 Å².